The maximum absolute atomic E-state index is 12.4. The van der Waals surface area contributed by atoms with E-state index in [1.165, 1.54) is 24.3 Å². The zero-order valence-electron chi connectivity index (χ0n) is 15.2. The van der Waals surface area contributed by atoms with Crippen LogP contribution in [0, 0.1) is 0 Å². The van der Waals surface area contributed by atoms with Crippen molar-refractivity contribution in [3.8, 4) is 22.6 Å². The van der Waals surface area contributed by atoms with Gasteiger partial charge in [-0.05, 0) is 23.8 Å². The third-order valence-corrected chi connectivity index (χ3v) is 4.45. The van der Waals surface area contributed by atoms with E-state index in [9.17, 15) is 23.1 Å². The molecule has 3 rings (SSSR count). The topological polar surface area (TPSA) is 88.0 Å². The van der Waals surface area contributed by atoms with Gasteiger partial charge >= 0.3 is 12.3 Å². The van der Waals surface area contributed by atoms with Crippen LogP contribution < -0.4 is 14.8 Å². The molecule has 1 aliphatic heterocycles. The summed E-state index contributed by atoms with van der Waals surface area (Å²) in [6.45, 7) is 3.53. The highest BCUT2D eigenvalue weighted by atomic mass is 19.4. The molecule has 0 radical (unpaired) electrons. The quantitative estimate of drug-likeness (QED) is 0.604. The number of carbonyl (C=O) groups is 1. The van der Waals surface area contributed by atoms with E-state index in [0.717, 1.165) is 5.56 Å². The number of carboxylic acid groups (broad SMARTS) is 1. The highest BCUT2D eigenvalue weighted by Crippen LogP contribution is 2.43. The summed E-state index contributed by atoms with van der Waals surface area (Å²) in [5, 5.41) is 21.7. The normalized spacial score (nSPS) is 12.8. The molecule has 0 amide bonds. The highest BCUT2D eigenvalue weighted by Gasteiger charge is 2.31. The van der Waals surface area contributed by atoms with E-state index < -0.39 is 12.3 Å². The van der Waals surface area contributed by atoms with Gasteiger partial charge in [0.05, 0.1) is 13.2 Å². The minimum atomic E-state index is -4.78. The van der Waals surface area contributed by atoms with Gasteiger partial charge in [-0.3, -0.25) is 0 Å². The molecule has 2 aromatic rings. The van der Waals surface area contributed by atoms with Crippen LogP contribution in [-0.2, 0) is 17.8 Å². The van der Waals surface area contributed by atoms with Crippen molar-refractivity contribution in [2.24, 2.45) is 0 Å². The average molecular weight is 409 g/mol. The molecule has 0 bridgehead atoms. The van der Waals surface area contributed by atoms with Crippen molar-refractivity contribution in [3.63, 3.8) is 0 Å². The molecular formula is C20H18F3NO5. The predicted molar refractivity (Wildman–Crippen MR) is 98.9 cm³/mol. The van der Waals surface area contributed by atoms with Crippen molar-refractivity contribution in [1.29, 1.82) is 0 Å². The smallest absolute Gasteiger partial charge is 0.492 e. The second-order valence-corrected chi connectivity index (χ2v) is 6.35. The van der Waals surface area contributed by atoms with Crippen LogP contribution in [0.25, 0.3) is 11.1 Å². The van der Waals surface area contributed by atoms with Crippen molar-refractivity contribution < 1.29 is 37.7 Å². The molecule has 29 heavy (non-hydrogen) atoms. The molecule has 154 valence electrons. The number of halogens is 3. The van der Waals surface area contributed by atoms with Gasteiger partial charge in [0.15, 0.2) is 0 Å². The van der Waals surface area contributed by atoms with Crippen LogP contribution in [0.1, 0.15) is 11.1 Å². The lowest BCUT2D eigenvalue weighted by molar-refractivity contribution is -0.274. The summed E-state index contributed by atoms with van der Waals surface area (Å²) in [6.07, 6.45) is -4.23. The summed E-state index contributed by atoms with van der Waals surface area (Å²) in [4.78, 5) is 11.0. The number of alkyl halides is 3. The lowest BCUT2D eigenvalue weighted by atomic mass is 9.95. The number of aliphatic carboxylic acids is 1. The zero-order chi connectivity index (χ0) is 21.2. The summed E-state index contributed by atoms with van der Waals surface area (Å²) < 4.78 is 46.7. The lowest BCUT2D eigenvalue weighted by Gasteiger charge is -2.18. The Morgan fingerprint density at radius 2 is 1.97 bits per heavy atom. The molecular weight excluding hydrogens is 391 g/mol. The monoisotopic (exact) mass is 409 g/mol. The number of benzene rings is 2. The third kappa shape index (κ3) is 4.62. The Kier molecular flexibility index (Phi) is 5.69. The SMILES string of the molecule is C=C(CNc1cc(-c2ccc(OC(F)(F)F)cc2)c2c(c1CO)CCO2)C(=O)O. The molecule has 2 aromatic carbocycles. The number of hydrogen-bond acceptors (Lipinski definition) is 5. The van der Waals surface area contributed by atoms with E-state index in [0.29, 0.717) is 41.2 Å². The van der Waals surface area contributed by atoms with Gasteiger partial charge in [-0.2, -0.15) is 0 Å². The molecule has 0 saturated heterocycles. The van der Waals surface area contributed by atoms with Crippen molar-refractivity contribution >= 4 is 11.7 Å². The Morgan fingerprint density at radius 1 is 1.28 bits per heavy atom. The number of rotatable bonds is 7. The minimum Gasteiger partial charge on any atom is -0.492 e. The second-order valence-electron chi connectivity index (χ2n) is 6.35. The van der Waals surface area contributed by atoms with Gasteiger partial charge in [0, 0.05) is 40.9 Å². The van der Waals surface area contributed by atoms with Crippen LogP contribution in [0.2, 0.25) is 0 Å². The third-order valence-electron chi connectivity index (χ3n) is 4.45. The van der Waals surface area contributed by atoms with E-state index >= 15 is 0 Å². The Bertz CT molecular complexity index is 939. The number of hydrogen-bond donors (Lipinski definition) is 3. The second kappa shape index (κ2) is 8.04. The first kappa shape index (κ1) is 20.5. The number of aliphatic hydroxyl groups excluding tert-OH is 1. The van der Waals surface area contributed by atoms with E-state index in [2.05, 4.69) is 16.6 Å². The Morgan fingerprint density at radius 3 is 2.55 bits per heavy atom. The van der Waals surface area contributed by atoms with Gasteiger partial charge in [-0.25, -0.2) is 4.79 Å². The molecule has 0 saturated carbocycles. The van der Waals surface area contributed by atoms with Crippen LogP contribution in [0.3, 0.4) is 0 Å². The van der Waals surface area contributed by atoms with Crippen LogP contribution in [-0.4, -0.2) is 35.7 Å². The van der Waals surface area contributed by atoms with E-state index in [-0.39, 0.29) is 24.5 Å². The minimum absolute atomic E-state index is 0.0419. The molecule has 0 spiro atoms. The Labute approximate surface area is 164 Å². The molecule has 3 N–H and O–H groups in total. The van der Waals surface area contributed by atoms with Crippen LogP contribution >= 0.6 is 0 Å². The number of fused-ring (bicyclic) bond motifs is 1. The number of anilines is 1. The molecule has 0 unspecified atom stereocenters. The maximum Gasteiger partial charge on any atom is 0.573 e. The summed E-state index contributed by atoms with van der Waals surface area (Å²) in [7, 11) is 0. The Hall–Kier alpha value is -3.20. The molecule has 1 heterocycles. The highest BCUT2D eigenvalue weighted by molar-refractivity contribution is 5.87. The zero-order valence-corrected chi connectivity index (χ0v) is 15.2. The number of carboxylic acids is 1. The first-order valence-corrected chi connectivity index (χ1v) is 8.63. The predicted octanol–water partition coefficient (Wildman–Crippen LogP) is 3.73. The number of aliphatic hydroxyl groups is 1. The van der Waals surface area contributed by atoms with Gasteiger partial charge in [0.1, 0.15) is 11.5 Å². The molecule has 6 nitrogen and oxygen atoms in total. The molecule has 0 fully saturated rings. The summed E-state index contributed by atoms with van der Waals surface area (Å²) >= 11 is 0. The van der Waals surface area contributed by atoms with E-state index in [4.69, 9.17) is 9.84 Å². The summed E-state index contributed by atoms with van der Waals surface area (Å²) in [5.41, 5.74) is 2.99. The number of ether oxygens (including phenoxy) is 2. The van der Waals surface area contributed by atoms with Gasteiger partial charge in [-0.15, -0.1) is 13.2 Å². The van der Waals surface area contributed by atoms with Crippen LogP contribution in [0.4, 0.5) is 18.9 Å². The molecule has 9 heteroatoms. The van der Waals surface area contributed by atoms with Crippen molar-refractivity contribution in [2.45, 2.75) is 19.4 Å². The first-order chi connectivity index (χ1) is 13.7. The van der Waals surface area contributed by atoms with Crippen molar-refractivity contribution in [2.75, 3.05) is 18.5 Å². The largest absolute Gasteiger partial charge is 0.573 e. The summed E-state index contributed by atoms with van der Waals surface area (Å²) in [5.74, 6) is -0.948. The lowest BCUT2D eigenvalue weighted by Crippen LogP contribution is -2.16. The fourth-order valence-electron chi connectivity index (χ4n) is 3.11. The van der Waals surface area contributed by atoms with Crippen molar-refractivity contribution in [3.05, 3.63) is 53.6 Å². The first-order valence-electron chi connectivity index (χ1n) is 8.63. The van der Waals surface area contributed by atoms with E-state index in [1.54, 1.807) is 6.07 Å². The molecule has 0 aromatic heterocycles. The Balaban J connectivity index is 1.98. The van der Waals surface area contributed by atoms with Crippen molar-refractivity contribution in [1.82, 2.24) is 0 Å². The van der Waals surface area contributed by atoms with Crippen LogP contribution in [0.5, 0.6) is 11.5 Å². The summed E-state index contributed by atoms with van der Waals surface area (Å²) in [6, 6.07) is 7.01. The van der Waals surface area contributed by atoms with Gasteiger partial charge in [0.25, 0.3) is 0 Å². The fraction of sp³-hybridized carbons (Fsp3) is 0.250. The fourth-order valence-corrected chi connectivity index (χ4v) is 3.11. The van der Waals surface area contributed by atoms with Gasteiger partial charge < -0.3 is 25.0 Å². The maximum atomic E-state index is 12.4. The van der Waals surface area contributed by atoms with E-state index in [1.807, 2.05) is 0 Å². The molecule has 0 aliphatic carbocycles. The standard InChI is InChI=1S/C20H18F3NO5/c1-11(19(26)27)9-24-17-8-15(18-14(6-7-28-18)16(17)10-25)12-2-4-13(5-3-12)29-20(21,22)23/h2-5,8,24-25H,1,6-7,9-10H2,(H,26,27). The van der Waals surface area contributed by atoms with Crippen LogP contribution in [0.15, 0.2) is 42.5 Å². The number of nitrogens with one attached hydrogen (secondary N) is 1. The molecule has 0 atom stereocenters. The average Bonchev–Trinajstić information content (AvgIpc) is 3.14. The molecule has 1 aliphatic rings. The van der Waals surface area contributed by atoms with Gasteiger partial charge in [0.2, 0.25) is 0 Å². The van der Waals surface area contributed by atoms with Gasteiger partial charge in [-0.1, -0.05) is 18.7 Å².